The molecule has 0 saturated carbocycles. The summed E-state index contributed by atoms with van der Waals surface area (Å²) in [5, 5.41) is 8.76. The second-order valence-corrected chi connectivity index (χ2v) is 5.01. The third kappa shape index (κ3) is 4.27. The van der Waals surface area contributed by atoms with Gasteiger partial charge in [-0.3, -0.25) is 9.69 Å². The Morgan fingerprint density at radius 3 is 2.69 bits per heavy atom. The van der Waals surface area contributed by atoms with Crippen molar-refractivity contribution in [2.75, 3.05) is 13.1 Å². The molecule has 0 amide bonds. The molecule has 1 heterocycles. The Labute approximate surface area is 111 Å². The van der Waals surface area contributed by atoms with Gasteiger partial charge < -0.3 is 9.52 Å². The van der Waals surface area contributed by atoms with Crippen molar-refractivity contribution in [3.63, 3.8) is 0 Å². The van der Waals surface area contributed by atoms with Crippen LogP contribution in [0.25, 0.3) is 0 Å². The highest BCUT2D eigenvalue weighted by Crippen LogP contribution is 2.27. The van der Waals surface area contributed by atoms with E-state index in [9.17, 15) is 4.79 Å². The van der Waals surface area contributed by atoms with Gasteiger partial charge in [-0.2, -0.15) is 0 Å². The highest BCUT2D eigenvalue weighted by molar-refractivity contribution is 9.13. The standard InChI is InChI=1S/C10H13Br2NO3/c1-2-3-13(6-9(14)15)5-7-4-8(11)10(12)16-7/h4H,2-3,5-6H2,1H3,(H,14,15). The van der Waals surface area contributed by atoms with E-state index in [1.807, 2.05) is 17.9 Å². The molecule has 0 bridgehead atoms. The van der Waals surface area contributed by atoms with Crippen LogP contribution < -0.4 is 0 Å². The summed E-state index contributed by atoms with van der Waals surface area (Å²) >= 11 is 6.57. The third-order valence-corrected chi connectivity index (χ3v) is 3.68. The SMILES string of the molecule is CCCN(CC(=O)O)Cc1cc(Br)c(Br)o1. The van der Waals surface area contributed by atoms with Gasteiger partial charge in [-0.15, -0.1) is 0 Å². The molecule has 1 rings (SSSR count). The lowest BCUT2D eigenvalue weighted by Crippen LogP contribution is -2.29. The maximum atomic E-state index is 10.7. The maximum Gasteiger partial charge on any atom is 0.317 e. The van der Waals surface area contributed by atoms with Crippen molar-refractivity contribution in [1.82, 2.24) is 4.90 Å². The molecular weight excluding hydrogens is 342 g/mol. The first kappa shape index (κ1) is 13.7. The van der Waals surface area contributed by atoms with Crippen LogP contribution in [0.5, 0.6) is 0 Å². The average molecular weight is 355 g/mol. The van der Waals surface area contributed by atoms with E-state index < -0.39 is 5.97 Å². The van der Waals surface area contributed by atoms with Gasteiger partial charge in [0.25, 0.3) is 0 Å². The van der Waals surface area contributed by atoms with Crippen molar-refractivity contribution in [2.24, 2.45) is 0 Å². The minimum absolute atomic E-state index is 0.0315. The Morgan fingerprint density at radius 1 is 1.56 bits per heavy atom. The van der Waals surface area contributed by atoms with Gasteiger partial charge in [0.2, 0.25) is 0 Å². The van der Waals surface area contributed by atoms with E-state index in [-0.39, 0.29) is 6.54 Å². The van der Waals surface area contributed by atoms with Crippen molar-refractivity contribution in [3.05, 3.63) is 21.0 Å². The lowest BCUT2D eigenvalue weighted by Gasteiger charge is -2.17. The molecule has 0 aliphatic rings. The number of hydrogen-bond acceptors (Lipinski definition) is 3. The first-order chi connectivity index (χ1) is 7.52. The molecule has 0 radical (unpaired) electrons. The van der Waals surface area contributed by atoms with Crippen LogP contribution in [0.15, 0.2) is 19.6 Å². The lowest BCUT2D eigenvalue weighted by molar-refractivity contribution is -0.138. The van der Waals surface area contributed by atoms with E-state index >= 15 is 0 Å². The normalized spacial score (nSPS) is 11.0. The Morgan fingerprint density at radius 2 is 2.25 bits per heavy atom. The second-order valence-electron chi connectivity index (χ2n) is 3.44. The molecule has 1 N–H and O–H groups in total. The Hall–Kier alpha value is -0.330. The molecule has 1 aromatic heterocycles. The van der Waals surface area contributed by atoms with Crippen LogP contribution in [0.3, 0.4) is 0 Å². The first-order valence-corrected chi connectivity index (χ1v) is 6.49. The molecule has 0 atom stereocenters. The largest absolute Gasteiger partial charge is 0.480 e. The maximum absolute atomic E-state index is 10.7. The van der Waals surface area contributed by atoms with Gasteiger partial charge in [0.1, 0.15) is 5.76 Å². The zero-order valence-electron chi connectivity index (χ0n) is 8.87. The number of aliphatic carboxylic acids is 1. The van der Waals surface area contributed by atoms with Crippen LogP contribution in [-0.2, 0) is 11.3 Å². The minimum atomic E-state index is -0.821. The topological polar surface area (TPSA) is 53.7 Å². The predicted octanol–water partition coefficient (Wildman–Crippen LogP) is 3.10. The number of halogens is 2. The lowest BCUT2D eigenvalue weighted by atomic mass is 10.3. The molecule has 0 spiro atoms. The summed E-state index contributed by atoms with van der Waals surface area (Å²) in [7, 11) is 0. The van der Waals surface area contributed by atoms with Gasteiger partial charge >= 0.3 is 5.97 Å². The molecule has 0 aliphatic carbocycles. The van der Waals surface area contributed by atoms with Crippen molar-refractivity contribution in [3.8, 4) is 0 Å². The van der Waals surface area contributed by atoms with E-state index in [1.165, 1.54) is 0 Å². The van der Waals surface area contributed by atoms with Crippen molar-refractivity contribution in [1.29, 1.82) is 0 Å². The second kappa shape index (κ2) is 6.42. The monoisotopic (exact) mass is 353 g/mol. The smallest absolute Gasteiger partial charge is 0.317 e. The van der Waals surface area contributed by atoms with Gasteiger partial charge in [0.05, 0.1) is 17.6 Å². The molecule has 0 saturated heterocycles. The number of carboxylic acids is 1. The minimum Gasteiger partial charge on any atom is -0.480 e. The van der Waals surface area contributed by atoms with Gasteiger partial charge in [-0.25, -0.2) is 0 Å². The van der Waals surface area contributed by atoms with Crippen LogP contribution in [0.1, 0.15) is 19.1 Å². The van der Waals surface area contributed by atoms with E-state index in [2.05, 4.69) is 31.9 Å². The fraction of sp³-hybridized carbons (Fsp3) is 0.500. The highest BCUT2D eigenvalue weighted by atomic mass is 79.9. The molecule has 0 fully saturated rings. The quantitative estimate of drug-likeness (QED) is 0.852. The van der Waals surface area contributed by atoms with Gasteiger partial charge in [0, 0.05) is 0 Å². The molecular formula is C10H13Br2NO3. The highest BCUT2D eigenvalue weighted by Gasteiger charge is 2.13. The Balaban J connectivity index is 2.63. The van der Waals surface area contributed by atoms with E-state index in [0.717, 1.165) is 23.2 Å². The van der Waals surface area contributed by atoms with Crippen molar-refractivity contribution >= 4 is 37.8 Å². The number of nitrogens with zero attached hydrogens (tertiary/aromatic N) is 1. The molecule has 0 aromatic carbocycles. The fourth-order valence-corrected chi connectivity index (χ4v) is 2.07. The predicted molar refractivity (Wildman–Crippen MR) is 67.3 cm³/mol. The van der Waals surface area contributed by atoms with Crippen LogP contribution >= 0.6 is 31.9 Å². The summed E-state index contributed by atoms with van der Waals surface area (Å²) in [4.78, 5) is 12.5. The molecule has 90 valence electrons. The number of carbonyl (C=O) groups is 1. The summed E-state index contributed by atoms with van der Waals surface area (Å²) in [5.74, 6) is -0.0772. The van der Waals surface area contributed by atoms with E-state index in [4.69, 9.17) is 9.52 Å². The van der Waals surface area contributed by atoms with Crippen molar-refractivity contribution < 1.29 is 14.3 Å². The molecule has 6 heteroatoms. The third-order valence-electron chi connectivity index (χ3n) is 1.97. The molecule has 4 nitrogen and oxygen atoms in total. The van der Waals surface area contributed by atoms with Crippen LogP contribution in [0.2, 0.25) is 0 Å². The zero-order chi connectivity index (χ0) is 12.1. The summed E-state index contributed by atoms with van der Waals surface area (Å²) in [6.45, 7) is 3.29. The zero-order valence-corrected chi connectivity index (χ0v) is 12.0. The Kier molecular flexibility index (Phi) is 5.51. The molecule has 1 aromatic rings. The number of furan rings is 1. The fourth-order valence-electron chi connectivity index (χ4n) is 1.41. The number of hydrogen-bond donors (Lipinski definition) is 1. The first-order valence-electron chi connectivity index (χ1n) is 4.90. The van der Waals surface area contributed by atoms with E-state index in [0.29, 0.717) is 11.2 Å². The van der Waals surface area contributed by atoms with Crippen molar-refractivity contribution in [2.45, 2.75) is 19.9 Å². The summed E-state index contributed by atoms with van der Waals surface area (Å²) in [5.41, 5.74) is 0. The average Bonchev–Trinajstić information content (AvgIpc) is 2.45. The van der Waals surface area contributed by atoms with E-state index in [1.54, 1.807) is 0 Å². The van der Waals surface area contributed by atoms with Gasteiger partial charge in [-0.05, 0) is 50.9 Å². The van der Waals surface area contributed by atoms with Gasteiger partial charge in [0.15, 0.2) is 4.67 Å². The summed E-state index contributed by atoms with van der Waals surface area (Å²) in [6, 6.07) is 1.84. The van der Waals surface area contributed by atoms with Gasteiger partial charge in [-0.1, -0.05) is 6.92 Å². The number of rotatable bonds is 6. The number of carboxylic acid groups (broad SMARTS) is 1. The molecule has 16 heavy (non-hydrogen) atoms. The van der Waals surface area contributed by atoms with Crippen LogP contribution in [0, 0.1) is 0 Å². The summed E-state index contributed by atoms with van der Waals surface area (Å²) < 4.78 is 6.88. The molecule has 0 unspecified atom stereocenters. The Bertz CT molecular complexity index is 345. The van der Waals surface area contributed by atoms with Crippen LogP contribution in [0.4, 0.5) is 0 Å². The van der Waals surface area contributed by atoms with Crippen LogP contribution in [-0.4, -0.2) is 29.1 Å². The molecule has 0 aliphatic heterocycles. The summed E-state index contributed by atoms with van der Waals surface area (Å²) in [6.07, 6.45) is 0.913.